The van der Waals surface area contributed by atoms with Crippen molar-refractivity contribution in [1.82, 2.24) is 0 Å². The Labute approximate surface area is 401 Å². The average molecular weight is 995 g/mol. The van der Waals surface area contributed by atoms with Crippen LogP contribution in [0.1, 0.15) is 163 Å². The Morgan fingerprint density at radius 1 is 0.609 bits per heavy atom. The van der Waals surface area contributed by atoms with E-state index in [2.05, 4.69) is 0 Å². The lowest BCUT2D eigenvalue weighted by Gasteiger charge is -2.61. The van der Waals surface area contributed by atoms with Crippen molar-refractivity contribution >= 4 is 11.9 Å². The Morgan fingerprint density at radius 2 is 1.12 bits per heavy atom. The smallest absolute Gasteiger partial charge is 0.416 e. The molecule has 1 N–H and O–H groups in total. The van der Waals surface area contributed by atoms with E-state index in [4.69, 9.17) is 18.9 Å². The molecule has 10 aliphatic carbocycles. The predicted molar refractivity (Wildman–Crippen MR) is 234 cm³/mol. The maximum atomic E-state index is 17.1. The summed E-state index contributed by atoms with van der Waals surface area (Å²) < 4.78 is 167. The van der Waals surface area contributed by atoms with Crippen molar-refractivity contribution in [2.75, 3.05) is 6.61 Å². The Kier molecular flexibility index (Phi) is 12.6. The zero-order valence-electron chi connectivity index (χ0n) is 41.0. The van der Waals surface area contributed by atoms with Gasteiger partial charge >= 0.3 is 30.5 Å². The highest BCUT2D eigenvalue weighted by molar-refractivity contribution is 5.80. The number of ether oxygens (including phenoxy) is 4. The number of aliphatic hydroxyl groups is 1. The van der Waals surface area contributed by atoms with Crippen LogP contribution in [0, 0.1) is 93.7 Å². The first-order chi connectivity index (χ1) is 32.2. The molecule has 12 aliphatic rings. The van der Waals surface area contributed by atoms with Crippen LogP contribution < -0.4 is 0 Å². The molecule has 7 nitrogen and oxygen atoms in total. The summed E-state index contributed by atoms with van der Waals surface area (Å²) in [4.78, 5) is 30.2. The lowest BCUT2D eigenvalue weighted by molar-refractivity contribution is -0.298. The number of hydrogen-bond donors (Lipinski definition) is 1. The molecule has 0 spiro atoms. The van der Waals surface area contributed by atoms with Gasteiger partial charge in [0.25, 0.3) is 0 Å². The molecule has 392 valence electrons. The molecular weight excluding hydrogens is 920 g/mol. The van der Waals surface area contributed by atoms with Crippen molar-refractivity contribution in [2.45, 2.75) is 217 Å². The molecule has 12 atom stereocenters. The molecule has 0 aromatic carbocycles. The second-order valence-electron chi connectivity index (χ2n) is 25.5. The number of carbonyl (C=O) groups excluding carboxylic acids is 2. The minimum Gasteiger partial charge on any atom is -0.458 e. The molecular formula is C53H75F9O7. The average Bonchev–Trinajstić information content (AvgIpc) is 3.82. The quantitative estimate of drug-likeness (QED) is 0.145. The van der Waals surface area contributed by atoms with Crippen LogP contribution in [0.3, 0.4) is 0 Å². The third-order valence-corrected chi connectivity index (χ3v) is 22.0. The Bertz CT molecular complexity index is 1890. The summed E-state index contributed by atoms with van der Waals surface area (Å²) in [7, 11) is 0. The van der Waals surface area contributed by atoms with Gasteiger partial charge in [-0.3, -0.25) is 9.59 Å². The van der Waals surface area contributed by atoms with Crippen LogP contribution in [0.25, 0.3) is 0 Å². The standard InChI is InChI=1S/C53H75F9O7/c1-6-49(34-14-28-12-29(16-34)17-35(49)15-28)68-44(63)46(4,51(54,55)56)25-42-40(9-8-10-66-42)48(53(60,61)62,45(64)69-50(7-2)36-18-30-13-31(20-36)21-37(50)19-30)26-41-27(3)11-38-32-22-33(39(23-32)43(38)67-41)24-47(5,65)52(57,58)59/h27-43,65H,6-26H2,1-5H3. The van der Waals surface area contributed by atoms with Crippen LogP contribution in [0.5, 0.6) is 0 Å². The maximum Gasteiger partial charge on any atom is 0.416 e. The van der Waals surface area contributed by atoms with Gasteiger partial charge in [0.05, 0.1) is 18.3 Å². The van der Waals surface area contributed by atoms with E-state index < -0.39 is 119 Å². The van der Waals surface area contributed by atoms with Gasteiger partial charge in [0.15, 0.2) is 16.4 Å². The highest BCUT2D eigenvalue weighted by Crippen LogP contribution is 2.66. The largest absolute Gasteiger partial charge is 0.458 e. The normalized spacial score (nSPS) is 47.0. The van der Waals surface area contributed by atoms with Gasteiger partial charge in [-0.15, -0.1) is 0 Å². The van der Waals surface area contributed by atoms with Crippen LogP contribution in [-0.4, -0.2) is 77.3 Å². The Hall–Kier alpha value is -1.81. The molecule has 0 aromatic heterocycles. The molecule has 0 amide bonds. The molecule has 2 aliphatic heterocycles. The number of esters is 2. The van der Waals surface area contributed by atoms with E-state index in [0.29, 0.717) is 82.0 Å². The molecule has 12 fully saturated rings. The van der Waals surface area contributed by atoms with Gasteiger partial charge in [-0.1, -0.05) is 20.8 Å². The van der Waals surface area contributed by atoms with Gasteiger partial charge in [0.2, 0.25) is 0 Å². The van der Waals surface area contributed by atoms with Crippen LogP contribution in [0.2, 0.25) is 0 Å². The molecule has 69 heavy (non-hydrogen) atoms. The predicted octanol–water partition coefficient (Wildman–Crippen LogP) is 12.7. The minimum atomic E-state index is -5.40. The molecule has 2 saturated heterocycles. The lowest BCUT2D eigenvalue weighted by Crippen LogP contribution is -2.65. The van der Waals surface area contributed by atoms with Gasteiger partial charge in [0, 0.05) is 12.5 Å². The van der Waals surface area contributed by atoms with Gasteiger partial charge in [-0.2, -0.15) is 39.5 Å². The molecule has 12 unspecified atom stereocenters. The SMILES string of the molecule is CCC1(OC(=O)C(C)(CC2OCCCC2C(CC2OC3C(CC2C)C2CC(CC(C)(O)C(F)(F)F)C3C2)(C(=O)OC2(CC)C3CC4CC(C3)CC2C4)C(F)(F)F)C(F)(F)F)C2CC3CC(C2)CC1C3. The Balaban J connectivity index is 1.01. The summed E-state index contributed by atoms with van der Waals surface area (Å²) >= 11 is 0. The summed E-state index contributed by atoms with van der Waals surface area (Å²) in [5.74, 6) is -5.77. The fourth-order valence-corrected chi connectivity index (χ4v) is 18.7. The van der Waals surface area contributed by atoms with E-state index in [1.54, 1.807) is 6.92 Å². The number of halogens is 9. The first-order valence-electron chi connectivity index (χ1n) is 26.8. The van der Waals surface area contributed by atoms with Crippen molar-refractivity contribution in [3.63, 3.8) is 0 Å². The van der Waals surface area contributed by atoms with Crippen molar-refractivity contribution in [3.8, 4) is 0 Å². The monoisotopic (exact) mass is 995 g/mol. The maximum absolute atomic E-state index is 17.1. The number of fused-ring (bicyclic) bond motifs is 5. The summed E-state index contributed by atoms with van der Waals surface area (Å²) in [6.07, 6.45) is -12.7. The van der Waals surface area contributed by atoms with Crippen molar-refractivity contribution < 1.29 is 73.2 Å². The highest BCUT2D eigenvalue weighted by atomic mass is 19.4. The third kappa shape index (κ3) is 7.95. The summed E-state index contributed by atoms with van der Waals surface area (Å²) in [5, 5.41) is 10.5. The van der Waals surface area contributed by atoms with Crippen molar-refractivity contribution in [3.05, 3.63) is 0 Å². The van der Waals surface area contributed by atoms with Crippen molar-refractivity contribution in [2.24, 2.45) is 93.7 Å². The van der Waals surface area contributed by atoms with Gasteiger partial charge in [0.1, 0.15) is 11.2 Å². The zero-order valence-corrected chi connectivity index (χ0v) is 41.0. The van der Waals surface area contributed by atoms with Gasteiger partial charge in [-0.25, -0.2) is 0 Å². The second-order valence-corrected chi connectivity index (χ2v) is 25.5. The van der Waals surface area contributed by atoms with Crippen molar-refractivity contribution in [1.29, 1.82) is 0 Å². The molecule has 2 heterocycles. The van der Waals surface area contributed by atoms with Crippen LogP contribution in [0.15, 0.2) is 0 Å². The third-order valence-electron chi connectivity index (χ3n) is 22.0. The van der Waals surface area contributed by atoms with E-state index in [-0.39, 0.29) is 61.4 Å². The Morgan fingerprint density at radius 3 is 1.58 bits per heavy atom. The van der Waals surface area contributed by atoms with E-state index in [1.807, 2.05) is 13.8 Å². The highest BCUT2D eigenvalue weighted by Gasteiger charge is 2.73. The van der Waals surface area contributed by atoms with Gasteiger partial charge in [-0.05, 0) is 219 Å². The molecule has 12 rings (SSSR count). The van der Waals surface area contributed by atoms with Gasteiger partial charge < -0.3 is 24.1 Å². The molecule has 0 radical (unpaired) electrons. The topological polar surface area (TPSA) is 91.3 Å². The van der Waals surface area contributed by atoms with E-state index in [1.165, 1.54) is 0 Å². The minimum absolute atomic E-state index is 0.00791. The summed E-state index contributed by atoms with van der Waals surface area (Å²) in [5.41, 5.74) is -12.1. The second kappa shape index (κ2) is 17.1. The first kappa shape index (κ1) is 50.7. The van der Waals surface area contributed by atoms with Crippen LogP contribution in [0.4, 0.5) is 39.5 Å². The molecule has 10 saturated carbocycles. The molecule has 10 bridgehead atoms. The fourth-order valence-electron chi connectivity index (χ4n) is 18.7. The molecule has 16 heteroatoms. The fraction of sp³-hybridized carbons (Fsp3) is 0.962. The van der Waals surface area contributed by atoms with E-state index in [9.17, 15) is 23.1 Å². The number of carbonyl (C=O) groups is 2. The van der Waals surface area contributed by atoms with E-state index in [0.717, 1.165) is 45.4 Å². The lowest BCUT2D eigenvalue weighted by atomic mass is 9.49. The van der Waals surface area contributed by atoms with Crippen LogP contribution >= 0.6 is 0 Å². The number of hydrogen-bond acceptors (Lipinski definition) is 7. The summed E-state index contributed by atoms with van der Waals surface area (Å²) in [6.45, 7) is 6.67. The number of alkyl halides is 9. The van der Waals surface area contributed by atoms with Crippen LogP contribution in [-0.2, 0) is 28.5 Å². The molecule has 0 aromatic rings. The number of rotatable bonds is 13. The summed E-state index contributed by atoms with van der Waals surface area (Å²) in [6, 6.07) is 0. The first-order valence-corrected chi connectivity index (χ1v) is 26.8. The zero-order chi connectivity index (χ0) is 49.6. The van der Waals surface area contributed by atoms with E-state index >= 15 is 31.1 Å².